The van der Waals surface area contributed by atoms with E-state index in [0.717, 1.165) is 6.26 Å². The summed E-state index contributed by atoms with van der Waals surface area (Å²) in [5.74, 6) is -1.35. The van der Waals surface area contributed by atoms with Crippen molar-refractivity contribution in [2.24, 2.45) is 0 Å². The van der Waals surface area contributed by atoms with Crippen LogP contribution in [0, 0.1) is 6.92 Å². The van der Waals surface area contributed by atoms with Gasteiger partial charge in [0.2, 0.25) is 0 Å². The smallest absolute Gasteiger partial charge is 0.358 e. The molecule has 0 radical (unpaired) electrons. The van der Waals surface area contributed by atoms with Crippen LogP contribution in [0.2, 0.25) is 0 Å². The van der Waals surface area contributed by atoms with Crippen molar-refractivity contribution in [2.75, 3.05) is 12.2 Å². The summed E-state index contributed by atoms with van der Waals surface area (Å²) in [6.45, 7) is 1.70. The van der Waals surface area contributed by atoms with Gasteiger partial charge in [0.1, 0.15) is 0 Å². The monoisotopic (exact) mass is 229 g/mol. The van der Waals surface area contributed by atoms with E-state index < -0.39 is 21.7 Å². The fourth-order valence-electron chi connectivity index (χ4n) is 0.928. The molecule has 0 N–H and O–H groups in total. The van der Waals surface area contributed by atoms with Gasteiger partial charge in [-0.15, -0.1) is 0 Å². The molecule has 0 fully saturated rings. The summed E-state index contributed by atoms with van der Waals surface area (Å²) >= 11 is 0. The lowest BCUT2D eigenvalue weighted by molar-refractivity contribution is 0.0564. The largest absolute Gasteiger partial charge is 0.445 e. The molecule has 0 saturated carbocycles. The predicted octanol–water partition coefficient (Wildman–Crippen LogP) is 0.549. The molecular weight excluding hydrogens is 218 g/mol. The maximum absolute atomic E-state index is 11.4. The number of nitrogens with zero attached hydrogens (tertiary/aromatic N) is 1. The van der Waals surface area contributed by atoms with Crippen molar-refractivity contribution >= 4 is 15.8 Å². The number of aromatic nitrogens is 1. The number of hydrogen-bond donors (Lipinski definition) is 0. The molecule has 5 nitrogen and oxygen atoms in total. The highest BCUT2D eigenvalue weighted by Gasteiger charge is 2.13. The maximum Gasteiger partial charge on any atom is 0.358 e. The second kappa shape index (κ2) is 4.39. The Morgan fingerprint density at radius 1 is 1.53 bits per heavy atom. The summed E-state index contributed by atoms with van der Waals surface area (Å²) in [7, 11) is -3.31. The molecule has 0 saturated heterocycles. The zero-order valence-corrected chi connectivity index (χ0v) is 9.24. The predicted molar refractivity (Wildman–Crippen MR) is 54.1 cm³/mol. The Morgan fingerprint density at radius 3 is 2.73 bits per heavy atom. The van der Waals surface area contributed by atoms with Gasteiger partial charge in [-0.3, -0.25) is 0 Å². The van der Waals surface area contributed by atoms with Crippen molar-refractivity contribution in [1.82, 2.24) is 4.98 Å². The molecule has 0 spiro atoms. The van der Waals surface area contributed by atoms with E-state index in [1.807, 2.05) is 0 Å². The van der Waals surface area contributed by atoms with Gasteiger partial charge in [0, 0.05) is 12.5 Å². The molecule has 0 aliphatic carbocycles. The van der Waals surface area contributed by atoms with Gasteiger partial charge in [-0.2, -0.15) is 0 Å². The van der Waals surface area contributed by atoms with E-state index in [9.17, 15) is 13.2 Å². The van der Waals surface area contributed by atoms with Crippen LogP contribution in [0.5, 0.6) is 0 Å². The number of carbonyl (C=O) groups excluding carboxylic acids is 1. The van der Waals surface area contributed by atoms with Crippen LogP contribution in [0.1, 0.15) is 16.1 Å². The van der Waals surface area contributed by atoms with Crippen LogP contribution < -0.4 is 0 Å². The second-order valence-electron chi connectivity index (χ2n) is 3.14. The first kappa shape index (κ1) is 11.6. The molecule has 6 heteroatoms. The van der Waals surface area contributed by atoms with Crippen LogP contribution in [0.15, 0.2) is 18.3 Å². The van der Waals surface area contributed by atoms with Crippen molar-refractivity contribution in [1.29, 1.82) is 0 Å². The van der Waals surface area contributed by atoms with E-state index in [0.29, 0.717) is 5.56 Å². The lowest BCUT2D eigenvalue weighted by atomic mass is 10.2. The topological polar surface area (TPSA) is 73.3 Å². The third-order valence-corrected chi connectivity index (χ3v) is 2.15. The van der Waals surface area contributed by atoms with Gasteiger partial charge in [0.15, 0.2) is 21.5 Å². The number of sulfone groups is 1. The third-order valence-electron chi connectivity index (χ3n) is 1.61. The van der Waals surface area contributed by atoms with Crippen molar-refractivity contribution in [2.45, 2.75) is 6.92 Å². The fraction of sp³-hybridized carbons (Fsp3) is 0.333. The van der Waals surface area contributed by atoms with Gasteiger partial charge in [0.05, 0.1) is 0 Å². The molecule has 0 unspecified atom stereocenters. The summed E-state index contributed by atoms with van der Waals surface area (Å²) < 4.78 is 26.1. The average molecular weight is 229 g/mol. The molecular formula is C9H11NO4S. The molecule has 0 bridgehead atoms. The van der Waals surface area contributed by atoms with E-state index in [1.165, 1.54) is 6.20 Å². The summed E-state index contributed by atoms with van der Waals surface area (Å²) in [6.07, 6.45) is 2.44. The number of hydrogen-bond acceptors (Lipinski definition) is 5. The van der Waals surface area contributed by atoms with Gasteiger partial charge in [0.25, 0.3) is 0 Å². The summed E-state index contributed by atoms with van der Waals surface area (Å²) in [4.78, 5) is 15.2. The van der Waals surface area contributed by atoms with Crippen LogP contribution in [0.4, 0.5) is 0 Å². The number of rotatable bonds is 3. The molecule has 0 atom stereocenters. The Labute approximate surface area is 88.0 Å². The SMILES string of the molecule is Cc1cccnc1C(=O)OCS(C)(=O)=O. The number of aryl methyl sites for hydroxylation is 1. The van der Waals surface area contributed by atoms with Crippen LogP contribution >= 0.6 is 0 Å². The van der Waals surface area contributed by atoms with Crippen LogP contribution in [-0.2, 0) is 14.6 Å². The molecule has 1 aromatic heterocycles. The Morgan fingerprint density at radius 2 is 2.20 bits per heavy atom. The highest BCUT2D eigenvalue weighted by atomic mass is 32.2. The summed E-state index contributed by atoms with van der Waals surface area (Å²) in [5.41, 5.74) is 0.789. The Bertz CT molecular complexity index is 467. The minimum absolute atomic E-state index is 0.140. The van der Waals surface area contributed by atoms with E-state index in [1.54, 1.807) is 19.1 Å². The van der Waals surface area contributed by atoms with Crippen molar-refractivity contribution in [3.05, 3.63) is 29.6 Å². The van der Waals surface area contributed by atoms with Crippen LogP contribution in [0.25, 0.3) is 0 Å². The van der Waals surface area contributed by atoms with Crippen LogP contribution in [0.3, 0.4) is 0 Å². The minimum Gasteiger partial charge on any atom is -0.445 e. The number of esters is 1. The average Bonchev–Trinajstić information content (AvgIpc) is 2.14. The fourth-order valence-corrected chi connectivity index (χ4v) is 1.25. The minimum atomic E-state index is -3.31. The molecule has 0 aliphatic rings. The van der Waals surface area contributed by atoms with Crippen molar-refractivity contribution < 1.29 is 17.9 Å². The quantitative estimate of drug-likeness (QED) is 0.707. The molecule has 82 valence electrons. The number of carbonyl (C=O) groups is 1. The summed E-state index contributed by atoms with van der Waals surface area (Å²) in [5, 5.41) is 0. The number of ether oxygens (including phenoxy) is 1. The molecule has 1 heterocycles. The number of pyridine rings is 1. The van der Waals surface area contributed by atoms with E-state index in [4.69, 9.17) is 0 Å². The van der Waals surface area contributed by atoms with Crippen LogP contribution in [-0.4, -0.2) is 31.6 Å². The Kier molecular flexibility index (Phi) is 3.41. The molecule has 0 aliphatic heterocycles. The first-order valence-corrected chi connectivity index (χ1v) is 6.22. The Balaban J connectivity index is 2.75. The zero-order valence-electron chi connectivity index (χ0n) is 8.43. The maximum atomic E-state index is 11.4. The lowest BCUT2D eigenvalue weighted by Crippen LogP contribution is -2.15. The highest BCUT2D eigenvalue weighted by molar-refractivity contribution is 7.90. The van der Waals surface area contributed by atoms with Gasteiger partial charge < -0.3 is 4.74 Å². The standard InChI is InChI=1S/C9H11NO4S/c1-7-4-3-5-10-8(7)9(11)14-6-15(2,12)13/h3-5H,6H2,1-2H3. The first-order chi connectivity index (χ1) is 6.90. The van der Waals surface area contributed by atoms with Crippen molar-refractivity contribution in [3.63, 3.8) is 0 Å². The molecule has 1 aromatic rings. The first-order valence-electron chi connectivity index (χ1n) is 4.16. The van der Waals surface area contributed by atoms with Gasteiger partial charge in [-0.1, -0.05) is 6.07 Å². The normalized spacial score (nSPS) is 11.1. The van der Waals surface area contributed by atoms with E-state index >= 15 is 0 Å². The Hall–Kier alpha value is -1.43. The highest BCUT2D eigenvalue weighted by Crippen LogP contribution is 2.05. The van der Waals surface area contributed by atoms with Gasteiger partial charge >= 0.3 is 5.97 Å². The molecule has 15 heavy (non-hydrogen) atoms. The van der Waals surface area contributed by atoms with E-state index in [-0.39, 0.29) is 5.69 Å². The molecule has 0 amide bonds. The zero-order chi connectivity index (χ0) is 11.5. The third kappa shape index (κ3) is 3.67. The lowest BCUT2D eigenvalue weighted by Gasteiger charge is -2.04. The molecule has 0 aromatic carbocycles. The van der Waals surface area contributed by atoms with Crippen molar-refractivity contribution in [3.8, 4) is 0 Å². The molecule has 1 rings (SSSR count). The van der Waals surface area contributed by atoms with Gasteiger partial charge in [-0.25, -0.2) is 18.2 Å². The van der Waals surface area contributed by atoms with E-state index in [2.05, 4.69) is 9.72 Å². The second-order valence-corrected chi connectivity index (χ2v) is 5.23. The summed E-state index contributed by atoms with van der Waals surface area (Å²) in [6, 6.07) is 3.38. The van der Waals surface area contributed by atoms with Gasteiger partial charge in [-0.05, 0) is 18.6 Å².